The second-order valence-electron chi connectivity index (χ2n) is 6.26. The molecule has 0 amide bonds. The van der Waals surface area contributed by atoms with Gasteiger partial charge in [-0.15, -0.1) is 0 Å². The van der Waals surface area contributed by atoms with Gasteiger partial charge >= 0.3 is 12.1 Å². The number of carbonyl (C=O) groups excluding carboxylic acids is 2. The van der Waals surface area contributed by atoms with Crippen LogP contribution in [0.5, 0.6) is 0 Å². The third-order valence-corrected chi connectivity index (χ3v) is 3.27. The van der Waals surface area contributed by atoms with Gasteiger partial charge in [-0.1, -0.05) is 18.2 Å². The number of ether oxygens (including phenoxy) is 2. The average molecular weight is 319 g/mol. The molecular weight excluding hydrogens is 298 g/mol. The van der Waals surface area contributed by atoms with Crippen molar-refractivity contribution < 1.29 is 24.2 Å². The number of para-hydroxylation sites is 1. The normalized spacial score (nSPS) is 12.9. The Morgan fingerprint density at radius 1 is 1.26 bits per heavy atom. The number of hydrogen-bond acceptors (Lipinski definition) is 5. The molecule has 6 heteroatoms. The summed E-state index contributed by atoms with van der Waals surface area (Å²) in [6, 6.07) is 7.25. The van der Waals surface area contributed by atoms with E-state index in [1.165, 1.54) is 11.7 Å². The zero-order chi connectivity index (χ0) is 17.2. The molecule has 6 nitrogen and oxygen atoms in total. The fraction of sp³-hybridized carbons (Fsp3) is 0.412. The summed E-state index contributed by atoms with van der Waals surface area (Å²) in [5, 5.41) is 10.6. The third kappa shape index (κ3) is 3.90. The molecule has 0 aliphatic rings. The number of hydrogen-bond donors (Lipinski definition) is 1. The van der Waals surface area contributed by atoms with Crippen LogP contribution in [0, 0.1) is 0 Å². The Hall–Kier alpha value is -2.34. The highest BCUT2D eigenvalue weighted by atomic mass is 16.6. The van der Waals surface area contributed by atoms with Gasteiger partial charge in [-0.3, -0.25) is 4.57 Å². The molecule has 0 saturated carbocycles. The van der Waals surface area contributed by atoms with Crippen molar-refractivity contribution in [2.24, 2.45) is 0 Å². The van der Waals surface area contributed by atoms with Gasteiger partial charge in [0.2, 0.25) is 0 Å². The topological polar surface area (TPSA) is 77.8 Å². The zero-order valence-corrected chi connectivity index (χ0v) is 13.7. The smallest absolute Gasteiger partial charge is 0.419 e. The molecule has 0 bridgehead atoms. The van der Waals surface area contributed by atoms with Crippen molar-refractivity contribution in [1.82, 2.24) is 4.57 Å². The van der Waals surface area contributed by atoms with Gasteiger partial charge in [0, 0.05) is 18.0 Å². The van der Waals surface area contributed by atoms with E-state index in [0.717, 1.165) is 5.39 Å². The molecule has 2 rings (SSSR count). The van der Waals surface area contributed by atoms with Crippen molar-refractivity contribution in [3.8, 4) is 0 Å². The van der Waals surface area contributed by atoms with Crippen LogP contribution >= 0.6 is 0 Å². The Morgan fingerprint density at radius 2 is 1.91 bits per heavy atom. The standard InChI is InChI=1S/C17H21NO5/c1-17(2,3)23-16(21)18-10-11(9-14(19)15(20)22-4)12-7-5-6-8-13(12)18/h5-8,10,14,19H,9H2,1-4H3/t14-/m1/s1. The van der Waals surface area contributed by atoms with E-state index in [1.54, 1.807) is 33.0 Å². The number of nitrogens with zero attached hydrogens (tertiary/aromatic N) is 1. The monoisotopic (exact) mass is 319 g/mol. The van der Waals surface area contributed by atoms with Crippen LogP contribution in [0.25, 0.3) is 10.9 Å². The number of methoxy groups -OCH3 is 1. The summed E-state index contributed by atoms with van der Waals surface area (Å²) in [6.45, 7) is 5.37. The molecule has 0 radical (unpaired) electrons. The van der Waals surface area contributed by atoms with E-state index in [4.69, 9.17) is 4.74 Å². The number of aliphatic hydroxyl groups is 1. The Morgan fingerprint density at radius 3 is 2.52 bits per heavy atom. The zero-order valence-electron chi connectivity index (χ0n) is 13.7. The molecule has 0 saturated heterocycles. The Bertz CT molecular complexity index is 726. The number of aromatic nitrogens is 1. The highest BCUT2D eigenvalue weighted by Gasteiger charge is 2.23. The van der Waals surface area contributed by atoms with E-state index in [9.17, 15) is 14.7 Å². The van der Waals surface area contributed by atoms with Crippen molar-refractivity contribution in [3.63, 3.8) is 0 Å². The van der Waals surface area contributed by atoms with Gasteiger partial charge in [0.05, 0.1) is 12.6 Å². The van der Waals surface area contributed by atoms with Crippen molar-refractivity contribution in [1.29, 1.82) is 0 Å². The predicted molar refractivity (Wildman–Crippen MR) is 85.3 cm³/mol. The summed E-state index contributed by atoms with van der Waals surface area (Å²) < 4.78 is 11.3. The summed E-state index contributed by atoms with van der Waals surface area (Å²) in [5.74, 6) is -0.709. The summed E-state index contributed by atoms with van der Waals surface area (Å²) in [5.41, 5.74) is 0.715. The summed E-state index contributed by atoms with van der Waals surface area (Å²) in [7, 11) is 1.22. The first-order chi connectivity index (χ1) is 10.7. The first-order valence-corrected chi connectivity index (χ1v) is 7.31. The van der Waals surface area contributed by atoms with Gasteiger partial charge in [-0.05, 0) is 32.4 Å². The fourth-order valence-corrected chi connectivity index (χ4v) is 2.30. The lowest BCUT2D eigenvalue weighted by Gasteiger charge is -2.19. The lowest BCUT2D eigenvalue weighted by Crippen LogP contribution is -2.27. The molecule has 23 heavy (non-hydrogen) atoms. The minimum atomic E-state index is -1.28. The van der Waals surface area contributed by atoms with Crippen LogP contribution in [0.3, 0.4) is 0 Å². The molecule has 0 fully saturated rings. The molecule has 124 valence electrons. The van der Waals surface area contributed by atoms with Gasteiger partial charge in [0.25, 0.3) is 0 Å². The van der Waals surface area contributed by atoms with E-state index >= 15 is 0 Å². The lowest BCUT2D eigenvalue weighted by atomic mass is 10.1. The molecule has 0 aliphatic heterocycles. The first kappa shape index (κ1) is 17.0. The SMILES string of the molecule is COC(=O)[C@H](O)Cc1cn(C(=O)OC(C)(C)C)c2ccccc12. The molecular formula is C17H21NO5. The van der Waals surface area contributed by atoms with E-state index < -0.39 is 23.8 Å². The second kappa shape index (κ2) is 6.42. The summed E-state index contributed by atoms with van der Waals surface area (Å²) in [4.78, 5) is 23.8. The summed E-state index contributed by atoms with van der Waals surface area (Å²) >= 11 is 0. The quantitative estimate of drug-likeness (QED) is 0.880. The second-order valence-corrected chi connectivity index (χ2v) is 6.26. The van der Waals surface area contributed by atoms with E-state index in [-0.39, 0.29) is 6.42 Å². The third-order valence-electron chi connectivity index (χ3n) is 3.27. The molecule has 1 atom stereocenters. The molecule has 0 aliphatic carbocycles. The number of rotatable bonds is 3. The van der Waals surface area contributed by atoms with Gasteiger partial charge in [-0.25, -0.2) is 9.59 Å². The lowest BCUT2D eigenvalue weighted by molar-refractivity contribution is -0.150. The van der Waals surface area contributed by atoms with Gasteiger partial charge in [0.1, 0.15) is 5.60 Å². The highest BCUT2D eigenvalue weighted by Crippen LogP contribution is 2.24. The number of aliphatic hydroxyl groups excluding tert-OH is 1. The maximum absolute atomic E-state index is 12.4. The maximum Gasteiger partial charge on any atom is 0.419 e. The number of benzene rings is 1. The highest BCUT2D eigenvalue weighted by molar-refractivity contribution is 5.92. The van der Waals surface area contributed by atoms with Crippen LogP contribution in [-0.4, -0.2) is 40.6 Å². The minimum Gasteiger partial charge on any atom is -0.467 e. The molecule has 1 N–H and O–H groups in total. The largest absolute Gasteiger partial charge is 0.467 e. The van der Waals surface area contributed by atoms with Gasteiger partial charge in [-0.2, -0.15) is 0 Å². The molecule has 1 heterocycles. The van der Waals surface area contributed by atoms with Crippen LogP contribution in [0.4, 0.5) is 4.79 Å². The number of carbonyl (C=O) groups is 2. The van der Waals surface area contributed by atoms with Gasteiger partial charge < -0.3 is 14.6 Å². The first-order valence-electron chi connectivity index (χ1n) is 7.31. The van der Waals surface area contributed by atoms with E-state index in [0.29, 0.717) is 11.1 Å². The Labute approximate surface area is 134 Å². The molecule has 0 spiro atoms. The van der Waals surface area contributed by atoms with Crippen LogP contribution in [0.2, 0.25) is 0 Å². The minimum absolute atomic E-state index is 0.0585. The van der Waals surface area contributed by atoms with E-state index in [2.05, 4.69) is 4.74 Å². The van der Waals surface area contributed by atoms with Gasteiger partial charge in [0.15, 0.2) is 6.10 Å². The van der Waals surface area contributed by atoms with Crippen LogP contribution in [0.15, 0.2) is 30.5 Å². The number of fused-ring (bicyclic) bond motifs is 1. The molecule has 0 unspecified atom stereocenters. The molecule has 2 aromatic rings. The Kier molecular flexibility index (Phi) is 4.75. The summed E-state index contributed by atoms with van der Waals surface area (Å²) in [6.07, 6.45) is -0.140. The number of esters is 1. The Balaban J connectivity index is 2.40. The van der Waals surface area contributed by atoms with Crippen LogP contribution < -0.4 is 0 Å². The fourth-order valence-electron chi connectivity index (χ4n) is 2.30. The van der Waals surface area contributed by atoms with Crippen LogP contribution in [-0.2, 0) is 20.7 Å². The maximum atomic E-state index is 12.4. The van der Waals surface area contributed by atoms with Crippen molar-refractivity contribution in [2.75, 3.05) is 7.11 Å². The molecule has 1 aromatic carbocycles. The van der Waals surface area contributed by atoms with Crippen molar-refractivity contribution in [2.45, 2.75) is 38.9 Å². The van der Waals surface area contributed by atoms with Crippen molar-refractivity contribution in [3.05, 3.63) is 36.0 Å². The average Bonchev–Trinajstić information content (AvgIpc) is 2.84. The van der Waals surface area contributed by atoms with E-state index in [1.807, 2.05) is 18.2 Å². The van der Waals surface area contributed by atoms with Crippen molar-refractivity contribution >= 4 is 23.0 Å². The van der Waals surface area contributed by atoms with Crippen LogP contribution in [0.1, 0.15) is 26.3 Å². The predicted octanol–water partition coefficient (Wildman–Crippen LogP) is 2.50. The molecule has 1 aromatic heterocycles.